The zero-order chi connectivity index (χ0) is 12.8. The van der Waals surface area contributed by atoms with Crippen molar-refractivity contribution >= 4 is 0 Å². The van der Waals surface area contributed by atoms with Crippen molar-refractivity contribution in [1.29, 1.82) is 0 Å². The van der Waals surface area contributed by atoms with E-state index in [-0.39, 0.29) is 0 Å². The van der Waals surface area contributed by atoms with Gasteiger partial charge >= 0.3 is 0 Å². The number of hydrogen-bond donors (Lipinski definition) is 1. The molecule has 1 atom stereocenters. The van der Waals surface area contributed by atoms with Crippen LogP contribution in [0, 0.1) is 0 Å². The van der Waals surface area contributed by atoms with Gasteiger partial charge in [-0.25, -0.2) is 0 Å². The predicted molar refractivity (Wildman–Crippen MR) is 75.8 cm³/mol. The first kappa shape index (κ1) is 13.6. The maximum atomic E-state index is 5.54. The summed E-state index contributed by atoms with van der Waals surface area (Å²) >= 11 is 0. The zero-order valence-corrected chi connectivity index (χ0v) is 11.6. The van der Waals surface area contributed by atoms with Crippen LogP contribution in [0.15, 0.2) is 24.3 Å². The number of rotatable bonds is 7. The van der Waals surface area contributed by atoms with Crippen molar-refractivity contribution < 1.29 is 4.74 Å². The van der Waals surface area contributed by atoms with Gasteiger partial charge < -0.3 is 10.1 Å². The van der Waals surface area contributed by atoms with Crippen molar-refractivity contribution in [2.75, 3.05) is 13.2 Å². The van der Waals surface area contributed by atoms with Gasteiger partial charge in [0, 0.05) is 12.6 Å². The second-order valence-electron chi connectivity index (χ2n) is 5.37. The smallest absolute Gasteiger partial charge is 0.0518 e. The minimum absolute atomic E-state index is 0.361. The van der Waals surface area contributed by atoms with Crippen molar-refractivity contribution in [2.45, 2.75) is 51.7 Å². The Balaban J connectivity index is 1.64. The van der Waals surface area contributed by atoms with E-state index in [0.717, 1.165) is 19.6 Å². The van der Waals surface area contributed by atoms with Gasteiger partial charge in [-0.05, 0) is 57.2 Å². The quantitative estimate of drug-likeness (QED) is 0.745. The third-order valence-electron chi connectivity index (χ3n) is 3.55. The van der Waals surface area contributed by atoms with Crippen molar-refractivity contribution in [3.05, 3.63) is 35.4 Å². The van der Waals surface area contributed by atoms with Crippen LogP contribution in [-0.2, 0) is 11.2 Å². The molecule has 2 nitrogen and oxygen atoms in total. The third kappa shape index (κ3) is 3.82. The lowest BCUT2D eigenvalue weighted by molar-refractivity contribution is 0.0759. The molecule has 1 aliphatic rings. The van der Waals surface area contributed by atoms with Crippen LogP contribution < -0.4 is 5.32 Å². The molecule has 0 spiro atoms. The minimum atomic E-state index is 0.361. The van der Waals surface area contributed by atoms with E-state index in [1.165, 1.54) is 30.4 Å². The number of aryl methyl sites for hydroxylation is 1. The average molecular weight is 247 g/mol. The molecule has 1 aromatic rings. The fourth-order valence-corrected chi connectivity index (χ4v) is 2.59. The molecule has 0 saturated heterocycles. The third-order valence-corrected chi connectivity index (χ3v) is 3.55. The van der Waals surface area contributed by atoms with E-state index in [9.17, 15) is 0 Å². The highest BCUT2D eigenvalue weighted by atomic mass is 16.5. The van der Waals surface area contributed by atoms with Crippen molar-refractivity contribution in [1.82, 2.24) is 5.32 Å². The van der Waals surface area contributed by atoms with Gasteiger partial charge in [0.1, 0.15) is 0 Å². The number of unbranched alkanes of at least 4 members (excludes halogenated alkanes) is 1. The average Bonchev–Trinajstić information content (AvgIpc) is 2.77. The van der Waals surface area contributed by atoms with E-state index in [1.807, 2.05) is 0 Å². The number of fused-ring (bicyclic) bond motifs is 1. The van der Waals surface area contributed by atoms with Crippen molar-refractivity contribution in [3.8, 4) is 0 Å². The molecule has 1 N–H and O–H groups in total. The summed E-state index contributed by atoms with van der Waals surface area (Å²) in [5.74, 6) is 0. The van der Waals surface area contributed by atoms with Crippen molar-refractivity contribution in [2.24, 2.45) is 0 Å². The first-order chi connectivity index (χ1) is 8.77. The molecular formula is C16H25NO. The van der Waals surface area contributed by atoms with Crippen LogP contribution in [0.4, 0.5) is 0 Å². The molecule has 0 aliphatic heterocycles. The number of benzene rings is 1. The van der Waals surface area contributed by atoms with Gasteiger partial charge in [0.2, 0.25) is 0 Å². The van der Waals surface area contributed by atoms with Crippen LogP contribution in [0.25, 0.3) is 0 Å². The highest BCUT2D eigenvalue weighted by Crippen LogP contribution is 2.30. The maximum absolute atomic E-state index is 5.54. The first-order valence-electron chi connectivity index (χ1n) is 7.20. The molecule has 0 amide bonds. The molecular weight excluding hydrogens is 222 g/mol. The Morgan fingerprint density at radius 2 is 2.11 bits per heavy atom. The lowest BCUT2D eigenvalue weighted by atomic mass is 10.1. The Morgan fingerprint density at radius 1 is 1.28 bits per heavy atom. The van der Waals surface area contributed by atoms with Gasteiger partial charge in [-0.3, -0.25) is 0 Å². The monoisotopic (exact) mass is 247 g/mol. The van der Waals surface area contributed by atoms with Gasteiger partial charge in [-0.2, -0.15) is 0 Å². The predicted octanol–water partition coefficient (Wildman–Crippen LogP) is 3.47. The molecule has 1 aromatic carbocycles. The number of ether oxygens (including phenoxy) is 1. The number of nitrogens with one attached hydrogen (secondary N) is 1. The lowest BCUT2D eigenvalue weighted by Crippen LogP contribution is -2.20. The fourth-order valence-electron chi connectivity index (χ4n) is 2.59. The largest absolute Gasteiger partial charge is 0.379 e. The summed E-state index contributed by atoms with van der Waals surface area (Å²) in [6.07, 6.45) is 5.19. The van der Waals surface area contributed by atoms with Crippen molar-refractivity contribution in [3.63, 3.8) is 0 Å². The summed E-state index contributed by atoms with van der Waals surface area (Å²) in [5.41, 5.74) is 3.04. The normalized spacial score (nSPS) is 18.3. The first-order valence-corrected chi connectivity index (χ1v) is 7.20. The van der Waals surface area contributed by atoms with E-state index in [1.54, 1.807) is 0 Å². The van der Waals surface area contributed by atoms with Gasteiger partial charge in [-0.1, -0.05) is 24.3 Å². The highest BCUT2D eigenvalue weighted by molar-refractivity contribution is 5.34. The van der Waals surface area contributed by atoms with Gasteiger partial charge in [0.25, 0.3) is 0 Å². The van der Waals surface area contributed by atoms with E-state index in [2.05, 4.69) is 43.4 Å². The minimum Gasteiger partial charge on any atom is -0.379 e. The molecule has 0 aromatic heterocycles. The van der Waals surface area contributed by atoms with Gasteiger partial charge in [0.05, 0.1) is 6.10 Å². The SMILES string of the molecule is CC(C)OCCCCNC1CCc2ccccc21. The van der Waals surface area contributed by atoms with E-state index in [4.69, 9.17) is 4.74 Å². The van der Waals surface area contributed by atoms with Crippen LogP contribution in [0.1, 0.15) is 50.3 Å². The second kappa shape index (κ2) is 6.91. The summed E-state index contributed by atoms with van der Waals surface area (Å²) in [6, 6.07) is 9.39. The Kier molecular flexibility index (Phi) is 5.21. The molecule has 18 heavy (non-hydrogen) atoms. The van der Waals surface area contributed by atoms with Crippen LogP contribution in [0.5, 0.6) is 0 Å². The molecule has 100 valence electrons. The summed E-state index contributed by atoms with van der Waals surface area (Å²) < 4.78 is 5.54. The molecule has 0 fully saturated rings. The van der Waals surface area contributed by atoms with Crippen LogP contribution in [0.3, 0.4) is 0 Å². The molecule has 2 rings (SSSR count). The molecule has 0 heterocycles. The Hall–Kier alpha value is -0.860. The molecule has 0 bridgehead atoms. The van der Waals surface area contributed by atoms with Crippen LogP contribution >= 0.6 is 0 Å². The Bertz CT molecular complexity index is 362. The fraction of sp³-hybridized carbons (Fsp3) is 0.625. The Labute approximate surface area is 111 Å². The lowest BCUT2D eigenvalue weighted by Gasteiger charge is -2.14. The number of hydrogen-bond acceptors (Lipinski definition) is 2. The molecule has 2 heteroatoms. The van der Waals surface area contributed by atoms with Crippen LogP contribution in [-0.4, -0.2) is 19.3 Å². The zero-order valence-electron chi connectivity index (χ0n) is 11.6. The van der Waals surface area contributed by atoms with Gasteiger partial charge in [-0.15, -0.1) is 0 Å². The highest BCUT2D eigenvalue weighted by Gasteiger charge is 2.20. The molecule has 1 unspecified atom stereocenters. The topological polar surface area (TPSA) is 21.3 Å². The van der Waals surface area contributed by atoms with Gasteiger partial charge in [0.15, 0.2) is 0 Å². The Morgan fingerprint density at radius 3 is 2.94 bits per heavy atom. The standard InChI is InChI=1S/C16H25NO/c1-13(2)18-12-6-5-11-17-16-10-9-14-7-3-4-8-15(14)16/h3-4,7-8,13,16-17H,5-6,9-12H2,1-2H3. The summed E-state index contributed by atoms with van der Waals surface area (Å²) in [7, 11) is 0. The van der Waals surface area contributed by atoms with E-state index >= 15 is 0 Å². The van der Waals surface area contributed by atoms with Crippen LogP contribution in [0.2, 0.25) is 0 Å². The summed E-state index contributed by atoms with van der Waals surface area (Å²) in [5, 5.41) is 3.67. The maximum Gasteiger partial charge on any atom is 0.0518 e. The molecule has 0 radical (unpaired) electrons. The summed E-state index contributed by atoms with van der Waals surface area (Å²) in [4.78, 5) is 0. The summed E-state index contributed by atoms with van der Waals surface area (Å²) in [6.45, 7) is 6.17. The molecule has 1 aliphatic carbocycles. The van der Waals surface area contributed by atoms with E-state index < -0.39 is 0 Å². The van der Waals surface area contributed by atoms with E-state index in [0.29, 0.717) is 12.1 Å². The molecule has 0 saturated carbocycles. The second-order valence-corrected chi connectivity index (χ2v) is 5.37.